The van der Waals surface area contributed by atoms with Crippen molar-refractivity contribution in [1.82, 2.24) is 10.6 Å². The van der Waals surface area contributed by atoms with E-state index in [1.807, 2.05) is 7.05 Å². The van der Waals surface area contributed by atoms with Gasteiger partial charge in [-0.2, -0.15) is 0 Å². The molecule has 1 fully saturated rings. The minimum absolute atomic E-state index is 0.104. The van der Waals surface area contributed by atoms with Gasteiger partial charge in [-0.15, -0.1) is 0 Å². The van der Waals surface area contributed by atoms with Crippen LogP contribution in [0.25, 0.3) is 0 Å². The van der Waals surface area contributed by atoms with Crippen LogP contribution in [0.5, 0.6) is 0 Å². The Balaban J connectivity index is 1.83. The molecule has 0 aromatic heterocycles. The molecule has 19 heavy (non-hydrogen) atoms. The molecule has 0 spiro atoms. The third-order valence-corrected chi connectivity index (χ3v) is 3.94. The summed E-state index contributed by atoms with van der Waals surface area (Å²) in [5.41, 5.74) is 0.663. The lowest BCUT2D eigenvalue weighted by Crippen LogP contribution is -2.48. The van der Waals surface area contributed by atoms with Crippen molar-refractivity contribution in [2.45, 2.75) is 25.7 Å². The highest BCUT2D eigenvalue weighted by molar-refractivity contribution is 5.78. The smallest absolute Gasteiger partial charge is 0.224 e. The molecule has 0 aliphatic heterocycles. The van der Waals surface area contributed by atoms with Crippen LogP contribution in [-0.4, -0.2) is 26.0 Å². The van der Waals surface area contributed by atoms with Crippen LogP contribution >= 0.6 is 0 Å². The summed E-state index contributed by atoms with van der Waals surface area (Å²) in [6, 6.07) is 6.42. The largest absolute Gasteiger partial charge is 0.355 e. The van der Waals surface area contributed by atoms with Gasteiger partial charge in [-0.1, -0.05) is 24.6 Å². The van der Waals surface area contributed by atoms with E-state index in [4.69, 9.17) is 0 Å². The summed E-state index contributed by atoms with van der Waals surface area (Å²) in [5, 5.41) is 6.12. The molecule has 2 rings (SSSR count). The van der Waals surface area contributed by atoms with Crippen molar-refractivity contribution >= 4 is 5.91 Å². The summed E-state index contributed by atoms with van der Waals surface area (Å²) >= 11 is 0. The molecule has 0 atom stereocenters. The van der Waals surface area contributed by atoms with E-state index in [2.05, 4.69) is 10.6 Å². The van der Waals surface area contributed by atoms with E-state index in [9.17, 15) is 9.18 Å². The molecule has 1 aromatic rings. The normalized spacial score (nSPS) is 16.7. The first-order valence-corrected chi connectivity index (χ1v) is 6.80. The third kappa shape index (κ3) is 3.53. The molecule has 0 radical (unpaired) electrons. The van der Waals surface area contributed by atoms with Gasteiger partial charge in [0.1, 0.15) is 5.82 Å². The maximum Gasteiger partial charge on any atom is 0.224 e. The first-order valence-electron chi connectivity index (χ1n) is 6.80. The Morgan fingerprint density at radius 1 is 1.32 bits per heavy atom. The summed E-state index contributed by atoms with van der Waals surface area (Å²) in [5.74, 6) is -0.418. The number of nitrogens with one attached hydrogen (secondary N) is 2. The number of halogens is 1. The Hall–Kier alpha value is -1.42. The molecule has 0 bridgehead atoms. The Kier molecular flexibility index (Phi) is 4.53. The van der Waals surface area contributed by atoms with Gasteiger partial charge in [-0.25, -0.2) is 4.39 Å². The number of hydrogen-bond donors (Lipinski definition) is 2. The molecular weight excluding hydrogens is 243 g/mol. The lowest BCUT2D eigenvalue weighted by atomic mass is 9.68. The standard InChI is InChI=1S/C15H21FN2O/c1-17-10-15(7-4-8-15)11-18-14(19)9-12-5-2-3-6-13(12)16/h2-3,5-6,17H,4,7-11H2,1H3,(H,18,19). The second-order valence-corrected chi connectivity index (χ2v) is 5.43. The maximum atomic E-state index is 13.4. The molecule has 0 unspecified atom stereocenters. The van der Waals surface area contributed by atoms with Crippen molar-refractivity contribution < 1.29 is 9.18 Å². The third-order valence-electron chi connectivity index (χ3n) is 3.94. The molecule has 1 amide bonds. The zero-order valence-electron chi connectivity index (χ0n) is 11.3. The summed E-state index contributed by atoms with van der Waals surface area (Å²) in [6.45, 7) is 1.61. The van der Waals surface area contributed by atoms with Gasteiger partial charge < -0.3 is 10.6 Å². The van der Waals surface area contributed by atoms with E-state index in [0.29, 0.717) is 12.1 Å². The summed E-state index contributed by atoms with van der Waals surface area (Å²) in [7, 11) is 1.93. The second kappa shape index (κ2) is 6.15. The van der Waals surface area contributed by atoms with Gasteiger partial charge in [0.2, 0.25) is 5.91 Å². The van der Waals surface area contributed by atoms with E-state index in [0.717, 1.165) is 19.4 Å². The molecule has 3 nitrogen and oxygen atoms in total. The zero-order chi connectivity index (χ0) is 13.7. The van der Waals surface area contributed by atoms with Crippen molar-refractivity contribution in [1.29, 1.82) is 0 Å². The second-order valence-electron chi connectivity index (χ2n) is 5.43. The highest BCUT2D eigenvalue weighted by Gasteiger charge is 2.36. The summed E-state index contributed by atoms with van der Waals surface area (Å²) in [6.07, 6.45) is 3.63. The van der Waals surface area contributed by atoms with Crippen molar-refractivity contribution in [2.75, 3.05) is 20.1 Å². The van der Waals surface area contributed by atoms with Gasteiger partial charge in [0.25, 0.3) is 0 Å². The Bertz CT molecular complexity index is 444. The number of benzene rings is 1. The van der Waals surface area contributed by atoms with E-state index in [-0.39, 0.29) is 23.6 Å². The monoisotopic (exact) mass is 264 g/mol. The summed E-state index contributed by atoms with van der Waals surface area (Å²) in [4.78, 5) is 11.9. The van der Waals surface area contributed by atoms with Crippen LogP contribution in [-0.2, 0) is 11.2 Å². The molecule has 1 aromatic carbocycles. The van der Waals surface area contributed by atoms with E-state index in [1.54, 1.807) is 18.2 Å². The van der Waals surface area contributed by atoms with Gasteiger partial charge >= 0.3 is 0 Å². The van der Waals surface area contributed by atoms with Gasteiger partial charge in [0.15, 0.2) is 0 Å². The highest BCUT2D eigenvalue weighted by atomic mass is 19.1. The van der Waals surface area contributed by atoms with Crippen molar-refractivity contribution in [3.05, 3.63) is 35.6 Å². The Morgan fingerprint density at radius 3 is 2.63 bits per heavy atom. The van der Waals surface area contributed by atoms with Crippen LogP contribution in [0, 0.1) is 11.2 Å². The molecule has 104 valence electrons. The van der Waals surface area contributed by atoms with Crippen LogP contribution in [0.15, 0.2) is 24.3 Å². The fourth-order valence-electron chi connectivity index (χ4n) is 2.63. The fraction of sp³-hybridized carbons (Fsp3) is 0.533. The molecule has 1 aliphatic carbocycles. The lowest BCUT2D eigenvalue weighted by molar-refractivity contribution is -0.121. The van der Waals surface area contributed by atoms with Crippen LogP contribution in [0.1, 0.15) is 24.8 Å². The Labute approximate surface area is 113 Å². The maximum absolute atomic E-state index is 13.4. The molecule has 1 aliphatic rings. The molecule has 0 saturated heterocycles. The average molecular weight is 264 g/mol. The SMILES string of the molecule is CNCC1(CNC(=O)Cc2ccccc2F)CCC1. The van der Waals surface area contributed by atoms with Crippen LogP contribution in [0.4, 0.5) is 4.39 Å². The molecule has 4 heteroatoms. The van der Waals surface area contributed by atoms with E-state index >= 15 is 0 Å². The molecule has 0 heterocycles. The topological polar surface area (TPSA) is 41.1 Å². The van der Waals surface area contributed by atoms with Gasteiger partial charge in [0, 0.05) is 18.5 Å². The number of carbonyl (C=O) groups is 1. The number of hydrogen-bond acceptors (Lipinski definition) is 2. The first-order chi connectivity index (χ1) is 9.15. The number of rotatable bonds is 6. The predicted molar refractivity (Wildman–Crippen MR) is 73.3 cm³/mol. The van der Waals surface area contributed by atoms with Crippen LogP contribution in [0.3, 0.4) is 0 Å². The lowest BCUT2D eigenvalue weighted by Gasteiger charge is -2.42. The number of carbonyl (C=O) groups excluding carboxylic acids is 1. The fourth-order valence-corrected chi connectivity index (χ4v) is 2.63. The van der Waals surface area contributed by atoms with Gasteiger partial charge in [0.05, 0.1) is 6.42 Å². The zero-order valence-corrected chi connectivity index (χ0v) is 11.3. The molecular formula is C15H21FN2O. The van der Waals surface area contributed by atoms with Gasteiger partial charge in [-0.05, 0) is 31.5 Å². The Morgan fingerprint density at radius 2 is 2.05 bits per heavy atom. The highest BCUT2D eigenvalue weighted by Crippen LogP contribution is 2.39. The average Bonchev–Trinajstić information content (AvgIpc) is 2.35. The predicted octanol–water partition coefficient (Wildman–Crippen LogP) is 1.87. The van der Waals surface area contributed by atoms with E-state index in [1.165, 1.54) is 12.5 Å². The quantitative estimate of drug-likeness (QED) is 0.823. The summed E-state index contributed by atoms with van der Waals surface area (Å²) < 4.78 is 13.4. The van der Waals surface area contributed by atoms with Crippen molar-refractivity contribution in [3.8, 4) is 0 Å². The van der Waals surface area contributed by atoms with Gasteiger partial charge in [-0.3, -0.25) is 4.79 Å². The minimum Gasteiger partial charge on any atom is -0.355 e. The van der Waals surface area contributed by atoms with Crippen molar-refractivity contribution in [3.63, 3.8) is 0 Å². The van der Waals surface area contributed by atoms with Crippen LogP contribution in [0.2, 0.25) is 0 Å². The number of amides is 1. The molecule has 2 N–H and O–H groups in total. The first kappa shape index (κ1) is 14.0. The molecule has 1 saturated carbocycles. The van der Waals surface area contributed by atoms with E-state index < -0.39 is 0 Å². The van der Waals surface area contributed by atoms with Crippen LogP contribution < -0.4 is 10.6 Å². The van der Waals surface area contributed by atoms with Crippen molar-refractivity contribution in [2.24, 2.45) is 5.41 Å². The minimum atomic E-state index is -0.314.